The van der Waals surface area contributed by atoms with E-state index in [0.29, 0.717) is 6.54 Å². The van der Waals surface area contributed by atoms with Crippen LogP contribution < -0.4 is 5.73 Å². The first-order valence-corrected chi connectivity index (χ1v) is 6.68. The fraction of sp³-hybridized carbons (Fsp3) is 0.438. The Kier molecular flexibility index (Phi) is 3.50. The molecule has 19 heavy (non-hydrogen) atoms. The summed E-state index contributed by atoms with van der Waals surface area (Å²) in [6.07, 6.45) is 0. The fourth-order valence-corrected chi connectivity index (χ4v) is 2.35. The summed E-state index contributed by atoms with van der Waals surface area (Å²) >= 11 is 0. The monoisotopic (exact) mass is 257 g/mol. The summed E-state index contributed by atoms with van der Waals surface area (Å²) in [7, 11) is 1.95. The lowest BCUT2D eigenvalue weighted by Gasteiger charge is -2.19. The van der Waals surface area contributed by atoms with E-state index in [2.05, 4.69) is 57.1 Å². The van der Waals surface area contributed by atoms with E-state index >= 15 is 0 Å². The Morgan fingerprint density at radius 3 is 2.16 bits per heavy atom. The van der Waals surface area contributed by atoms with Crippen LogP contribution in [0.3, 0.4) is 0 Å². The number of aryl methyl sites for hydroxylation is 1. The number of hydrogen-bond acceptors (Lipinski definition) is 2. The Hall–Kier alpha value is -1.61. The van der Waals surface area contributed by atoms with E-state index in [1.54, 1.807) is 0 Å². The lowest BCUT2D eigenvalue weighted by atomic mass is 9.86. The second-order valence-electron chi connectivity index (χ2n) is 6.08. The summed E-state index contributed by atoms with van der Waals surface area (Å²) in [6.45, 7) is 9.28. The van der Waals surface area contributed by atoms with E-state index < -0.39 is 0 Å². The van der Waals surface area contributed by atoms with Crippen LogP contribution in [0.1, 0.15) is 37.6 Å². The minimum Gasteiger partial charge on any atom is -0.325 e. The van der Waals surface area contributed by atoms with Gasteiger partial charge in [-0.25, -0.2) is 0 Å². The van der Waals surface area contributed by atoms with Crippen molar-refractivity contribution in [1.82, 2.24) is 9.78 Å². The first-order valence-electron chi connectivity index (χ1n) is 6.68. The number of nitrogens with zero attached hydrogens (tertiary/aromatic N) is 2. The number of nitrogens with two attached hydrogens (primary N) is 1. The third kappa shape index (κ3) is 2.56. The maximum Gasteiger partial charge on any atom is 0.0955 e. The Balaban J connectivity index is 2.43. The van der Waals surface area contributed by atoms with Gasteiger partial charge in [0.2, 0.25) is 0 Å². The SMILES string of the molecule is Cc1c(-c2ccc(C(C)(C)C)cc2)nn(C)c1CN. The summed E-state index contributed by atoms with van der Waals surface area (Å²) in [5, 5.41) is 4.58. The molecule has 0 aliphatic heterocycles. The quantitative estimate of drug-likeness (QED) is 0.898. The molecule has 0 spiro atoms. The zero-order valence-electron chi connectivity index (χ0n) is 12.5. The van der Waals surface area contributed by atoms with Gasteiger partial charge in [-0.1, -0.05) is 45.0 Å². The van der Waals surface area contributed by atoms with Crippen molar-refractivity contribution in [1.29, 1.82) is 0 Å². The van der Waals surface area contributed by atoms with Crippen molar-refractivity contribution in [2.24, 2.45) is 12.8 Å². The van der Waals surface area contributed by atoms with Gasteiger partial charge in [-0.2, -0.15) is 5.10 Å². The van der Waals surface area contributed by atoms with Gasteiger partial charge in [0, 0.05) is 19.2 Å². The molecule has 0 fully saturated rings. The Labute approximate surface area is 115 Å². The van der Waals surface area contributed by atoms with Crippen LogP contribution in [0.15, 0.2) is 24.3 Å². The van der Waals surface area contributed by atoms with Crippen LogP contribution in [-0.2, 0) is 19.0 Å². The molecule has 1 heterocycles. The molecule has 2 aromatic rings. The van der Waals surface area contributed by atoms with Gasteiger partial charge < -0.3 is 5.73 Å². The highest BCUT2D eigenvalue weighted by Gasteiger charge is 2.15. The van der Waals surface area contributed by atoms with E-state index in [0.717, 1.165) is 17.0 Å². The number of aromatic nitrogens is 2. The van der Waals surface area contributed by atoms with Gasteiger partial charge in [-0.05, 0) is 23.5 Å². The van der Waals surface area contributed by atoms with Crippen LogP contribution in [-0.4, -0.2) is 9.78 Å². The van der Waals surface area contributed by atoms with Crippen LogP contribution in [0, 0.1) is 6.92 Å². The molecule has 0 saturated heterocycles. The van der Waals surface area contributed by atoms with Crippen molar-refractivity contribution in [3.05, 3.63) is 41.1 Å². The number of rotatable bonds is 2. The lowest BCUT2D eigenvalue weighted by molar-refractivity contribution is 0.590. The highest BCUT2D eigenvalue weighted by Crippen LogP contribution is 2.28. The highest BCUT2D eigenvalue weighted by atomic mass is 15.3. The molecule has 3 heteroatoms. The van der Waals surface area contributed by atoms with Crippen LogP contribution >= 0.6 is 0 Å². The maximum absolute atomic E-state index is 5.76. The maximum atomic E-state index is 5.76. The average molecular weight is 257 g/mol. The van der Waals surface area contributed by atoms with Crippen molar-refractivity contribution in [2.75, 3.05) is 0 Å². The van der Waals surface area contributed by atoms with Crippen molar-refractivity contribution < 1.29 is 0 Å². The summed E-state index contributed by atoms with van der Waals surface area (Å²) in [5.74, 6) is 0. The molecule has 0 saturated carbocycles. The van der Waals surface area contributed by atoms with Crippen LogP contribution in [0.5, 0.6) is 0 Å². The summed E-state index contributed by atoms with van der Waals surface area (Å²) in [4.78, 5) is 0. The standard InChI is InChI=1S/C16H23N3/c1-11-14(10-17)19(5)18-15(11)12-6-8-13(9-7-12)16(2,3)4/h6-9H,10,17H2,1-5H3. The topological polar surface area (TPSA) is 43.8 Å². The molecule has 0 aliphatic carbocycles. The van der Waals surface area contributed by atoms with E-state index in [9.17, 15) is 0 Å². The minimum absolute atomic E-state index is 0.181. The molecular formula is C16H23N3. The third-order valence-electron chi connectivity index (χ3n) is 3.65. The van der Waals surface area contributed by atoms with Gasteiger partial charge in [0.1, 0.15) is 0 Å². The predicted molar refractivity (Wildman–Crippen MR) is 80.0 cm³/mol. The van der Waals surface area contributed by atoms with Gasteiger partial charge in [0.15, 0.2) is 0 Å². The van der Waals surface area contributed by atoms with Gasteiger partial charge in [0.05, 0.1) is 11.4 Å². The summed E-state index contributed by atoms with van der Waals surface area (Å²) in [5.41, 5.74) is 11.7. The zero-order chi connectivity index (χ0) is 14.2. The van der Waals surface area contributed by atoms with Gasteiger partial charge in [0.25, 0.3) is 0 Å². The molecule has 1 aromatic carbocycles. The summed E-state index contributed by atoms with van der Waals surface area (Å²) < 4.78 is 1.88. The predicted octanol–water partition coefficient (Wildman–Crippen LogP) is 3.15. The smallest absolute Gasteiger partial charge is 0.0955 e. The van der Waals surface area contributed by atoms with Crippen molar-refractivity contribution in [3.63, 3.8) is 0 Å². The Morgan fingerprint density at radius 2 is 1.74 bits per heavy atom. The second-order valence-corrected chi connectivity index (χ2v) is 6.08. The third-order valence-corrected chi connectivity index (χ3v) is 3.65. The average Bonchev–Trinajstić information content (AvgIpc) is 2.63. The molecule has 0 amide bonds. The number of benzene rings is 1. The summed E-state index contributed by atoms with van der Waals surface area (Å²) in [6, 6.07) is 8.67. The van der Waals surface area contributed by atoms with Gasteiger partial charge in [-0.15, -0.1) is 0 Å². The highest BCUT2D eigenvalue weighted by molar-refractivity contribution is 5.64. The second kappa shape index (κ2) is 4.82. The molecule has 0 atom stereocenters. The zero-order valence-corrected chi connectivity index (χ0v) is 12.5. The van der Waals surface area contributed by atoms with E-state index in [-0.39, 0.29) is 5.41 Å². The number of hydrogen-bond donors (Lipinski definition) is 1. The molecule has 0 bridgehead atoms. The van der Waals surface area contributed by atoms with E-state index in [1.807, 2.05) is 11.7 Å². The van der Waals surface area contributed by atoms with Crippen molar-refractivity contribution in [3.8, 4) is 11.3 Å². The molecule has 0 radical (unpaired) electrons. The molecule has 102 valence electrons. The van der Waals surface area contributed by atoms with Crippen LogP contribution in [0.25, 0.3) is 11.3 Å². The first kappa shape index (κ1) is 13.8. The molecule has 0 aliphatic rings. The Bertz CT molecular complexity index is 571. The lowest BCUT2D eigenvalue weighted by Crippen LogP contribution is -2.10. The molecule has 2 rings (SSSR count). The van der Waals surface area contributed by atoms with Gasteiger partial charge in [-0.3, -0.25) is 4.68 Å². The van der Waals surface area contributed by atoms with E-state index in [4.69, 9.17) is 5.73 Å². The van der Waals surface area contributed by atoms with Crippen molar-refractivity contribution >= 4 is 0 Å². The normalized spacial score (nSPS) is 11.9. The molecule has 2 N–H and O–H groups in total. The fourth-order valence-electron chi connectivity index (χ4n) is 2.35. The van der Waals surface area contributed by atoms with Crippen LogP contribution in [0.2, 0.25) is 0 Å². The first-order chi connectivity index (χ1) is 8.84. The minimum atomic E-state index is 0.181. The van der Waals surface area contributed by atoms with Crippen LogP contribution in [0.4, 0.5) is 0 Å². The van der Waals surface area contributed by atoms with E-state index in [1.165, 1.54) is 11.1 Å². The molecule has 1 aromatic heterocycles. The Morgan fingerprint density at radius 1 is 1.16 bits per heavy atom. The molecule has 3 nitrogen and oxygen atoms in total. The molecule has 0 unspecified atom stereocenters. The van der Waals surface area contributed by atoms with Gasteiger partial charge >= 0.3 is 0 Å². The largest absolute Gasteiger partial charge is 0.325 e. The molecular weight excluding hydrogens is 234 g/mol. The van der Waals surface area contributed by atoms with Crippen molar-refractivity contribution in [2.45, 2.75) is 39.7 Å².